The highest BCUT2D eigenvalue weighted by molar-refractivity contribution is 5.80. The first kappa shape index (κ1) is 20.2. The van der Waals surface area contributed by atoms with E-state index in [9.17, 15) is 4.79 Å². The van der Waals surface area contributed by atoms with E-state index >= 15 is 0 Å². The molecule has 0 aliphatic heterocycles. The number of rotatable bonds is 11. The molecule has 1 aliphatic carbocycles. The summed E-state index contributed by atoms with van der Waals surface area (Å²) in [5, 5.41) is 0. The Balaban J connectivity index is 1.47. The lowest BCUT2D eigenvalue weighted by atomic mass is 10.0. The molecular formula is C24H28O4. The van der Waals surface area contributed by atoms with Crippen LogP contribution in [-0.4, -0.2) is 19.2 Å². The predicted octanol–water partition coefficient (Wildman–Crippen LogP) is 5.42. The highest BCUT2D eigenvalue weighted by atomic mass is 17.2. The first-order chi connectivity index (χ1) is 13.7. The second-order valence-corrected chi connectivity index (χ2v) is 7.07. The summed E-state index contributed by atoms with van der Waals surface area (Å²) in [6.07, 6.45) is 7.10. The number of carbonyl (C=O) groups excluding carboxylic acids is 1. The maximum atomic E-state index is 10.9. The largest absolute Gasteiger partial charge is 0.494 e. The van der Waals surface area contributed by atoms with Crippen LogP contribution in [0.25, 0.3) is 11.1 Å². The molecule has 0 spiro atoms. The molecule has 0 saturated carbocycles. The van der Waals surface area contributed by atoms with Gasteiger partial charge in [0, 0.05) is 6.08 Å². The Bertz CT molecular complexity index is 825. The van der Waals surface area contributed by atoms with Gasteiger partial charge in [-0.3, -0.25) is 4.89 Å². The van der Waals surface area contributed by atoms with Gasteiger partial charge >= 0.3 is 5.97 Å². The molecule has 0 heterocycles. The molecule has 2 aromatic carbocycles. The first-order valence-corrected chi connectivity index (χ1v) is 10.0. The molecule has 0 bridgehead atoms. The molecule has 0 aromatic heterocycles. The molecule has 4 nitrogen and oxygen atoms in total. The summed E-state index contributed by atoms with van der Waals surface area (Å²) in [5.41, 5.74) is 6.80. The summed E-state index contributed by atoms with van der Waals surface area (Å²) in [6.45, 7) is 6.62. The van der Waals surface area contributed by atoms with E-state index in [1.807, 2.05) is 0 Å². The Hall–Kier alpha value is -2.59. The smallest absolute Gasteiger partial charge is 0.365 e. The summed E-state index contributed by atoms with van der Waals surface area (Å²) < 4.78 is 5.77. The van der Waals surface area contributed by atoms with Crippen molar-refractivity contribution in [2.45, 2.75) is 45.4 Å². The van der Waals surface area contributed by atoms with E-state index in [1.54, 1.807) is 0 Å². The molecule has 0 radical (unpaired) electrons. The van der Waals surface area contributed by atoms with Gasteiger partial charge < -0.3 is 4.74 Å². The Morgan fingerprint density at radius 2 is 1.82 bits per heavy atom. The number of hydrogen-bond acceptors (Lipinski definition) is 4. The van der Waals surface area contributed by atoms with Crippen molar-refractivity contribution in [2.24, 2.45) is 0 Å². The van der Waals surface area contributed by atoms with Crippen molar-refractivity contribution in [3.63, 3.8) is 0 Å². The van der Waals surface area contributed by atoms with Crippen LogP contribution in [0.3, 0.4) is 0 Å². The van der Waals surface area contributed by atoms with Crippen molar-refractivity contribution in [3.05, 3.63) is 65.7 Å². The van der Waals surface area contributed by atoms with Gasteiger partial charge in [0.1, 0.15) is 5.75 Å². The monoisotopic (exact) mass is 380 g/mol. The molecule has 0 amide bonds. The van der Waals surface area contributed by atoms with Gasteiger partial charge in [-0.2, -0.15) is 4.89 Å². The lowest BCUT2D eigenvalue weighted by molar-refractivity contribution is -0.267. The molecule has 0 saturated heterocycles. The summed E-state index contributed by atoms with van der Waals surface area (Å²) in [5.74, 6) is 0.415. The molecule has 148 valence electrons. The molecule has 0 N–H and O–H groups in total. The van der Waals surface area contributed by atoms with Crippen LogP contribution in [0.2, 0.25) is 0 Å². The number of hydrogen-bond donors (Lipinski definition) is 0. The minimum Gasteiger partial charge on any atom is -0.494 e. The second-order valence-electron chi connectivity index (χ2n) is 7.07. The van der Waals surface area contributed by atoms with Gasteiger partial charge in [0.2, 0.25) is 0 Å². The van der Waals surface area contributed by atoms with Crippen LogP contribution in [0.5, 0.6) is 5.75 Å². The van der Waals surface area contributed by atoms with Crippen LogP contribution < -0.4 is 4.74 Å². The topological polar surface area (TPSA) is 44.8 Å². The fourth-order valence-corrected chi connectivity index (χ4v) is 3.51. The summed E-state index contributed by atoms with van der Waals surface area (Å²) in [7, 11) is 0. The maximum absolute atomic E-state index is 10.9. The molecule has 0 unspecified atom stereocenters. The van der Waals surface area contributed by atoms with E-state index in [0.29, 0.717) is 6.61 Å². The van der Waals surface area contributed by atoms with E-state index in [0.717, 1.165) is 57.0 Å². The zero-order valence-corrected chi connectivity index (χ0v) is 16.5. The highest BCUT2D eigenvalue weighted by Gasteiger charge is 2.19. The molecular weight excluding hydrogens is 352 g/mol. The predicted molar refractivity (Wildman–Crippen MR) is 110 cm³/mol. The average Bonchev–Trinajstić information content (AvgIpc) is 3.08. The van der Waals surface area contributed by atoms with Gasteiger partial charge in [0.05, 0.1) is 13.2 Å². The molecule has 0 fully saturated rings. The highest BCUT2D eigenvalue weighted by Crippen LogP contribution is 2.38. The minimum atomic E-state index is -0.553. The molecule has 2 aromatic rings. The third-order valence-corrected chi connectivity index (χ3v) is 4.89. The molecule has 4 heteroatoms. The lowest BCUT2D eigenvalue weighted by Crippen LogP contribution is -2.02. The fourth-order valence-electron chi connectivity index (χ4n) is 3.51. The van der Waals surface area contributed by atoms with E-state index < -0.39 is 5.97 Å². The molecule has 0 atom stereocenters. The summed E-state index contributed by atoms with van der Waals surface area (Å²) in [4.78, 5) is 20.2. The van der Waals surface area contributed by atoms with Crippen LogP contribution in [0, 0.1) is 0 Å². The third kappa shape index (κ3) is 5.23. The van der Waals surface area contributed by atoms with Crippen molar-refractivity contribution >= 4 is 5.97 Å². The van der Waals surface area contributed by atoms with Crippen molar-refractivity contribution in [1.82, 2.24) is 0 Å². The Morgan fingerprint density at radius 3 is 2.61 bits per heavy atom. The van der Waals surface area contributed by atoms with E-state index in [-0.39, 0.29) is 0 Å². The minimum absolute atomic E-state index is 0.418. The lowest BCUT2D eigenvalue weighted by Gasteiger charge is -2.07. The number of carbonyl (C=O) groups is 1. The van der Waals surface area contributed by atoms with Crippen molar-refractivity contribution < 1.29 is 19.3 Å². The summed E-state index contributed by atoms with van der Waals surface area (Å²) >= 11 is 0. The van der Waals surface area contributed by atoms with Crippen LogP contribution in [-0.2, 0) is 27.4 Å². The number of unbranched alkanes of at least 4 members (excludes halogenated alkanes) is 2. The fraction of sp³-hybridized carbons (Fsp3) is 0.375. The number of ether oxygens (including phenoxy) is 1. The van der Waals surface area contributed by atoms with E-state index in [4.69, 9.17) is 9.62 Å². The van der Waals surface area contributed by atoms with Gasteiger partial charge in [-0.25, -0.2) is 4.79 Å². The van der Waals surface area contributed by atoms with Gasteiger partial charge in [-0.05, 0) is 72.1 Å². The van der Waals surface area contributed by atoms with Gasteiger partial charge in [-0.15, -0.1) is 0 Å². The normalized spacial score (nSPS) is 11.6. The third-order valence-electron chi connectivity index (χ3n) is 4.89. The van der Waals surface area contributed by atoms with Crippen molar-refractivity contribution in [3.8, 4) is 16.9 Å². The molecule has 28 heavy (non-hydrogen) atoms. The van der Waals surface area contributed by atoms with Crippen molar-refractivity contribution in [1.29, 1.82) is 0 Å². The Kier molecular flexibility index (Phi) is 7.26. The van der Waals surface area contributed by atoms with Crippen LogP contribution >= 0.6 is 0 Å². The Morgan fingerprint density at radius 1 is 1.04 bits per heavy atom. The molecule has 3 rings (SSSR count). The Labute approximate surface area is 167 Å². The van der Waals surface area contributed by atoms with E-state index in [2.05, 4.69) is 54.8 Å². The quantitative estimate of drug-likeness (QED) is 0.193. The molecule has 1 aliphatic rings. The first-order valence-electron chi connectivity index (χ1n) is 10.0. The van der Waals surface area contributed by atoms with Crippen molar-refractivity contribution in [2.75, 3.05) is 13.2 Å². The van der Waals surface area contributed by atoms with Crippen LogP contribution in [0.15, 0.2) is 49.1 Å². The number of aryl methyl sites for hydroxylation is 1. The zero-order valence-electron chi connectivity index (χ0n) is 16.5. The van der Waals surface area contributed by atoms with Crippen LogP contribution in [0.4, 0.5) is 0 Å². The van der Waals surface area contributed by atoms with E-state index in [1.165, 1.54) is 27.8 Å². The average molecular weight is 380 g/mol. The van der Waals surface area contributed by atoms with Gasteiger partial charge in [0.25, 0.3) is 0 Å². The van der Waals surface area contributed by atoms with Crippen LogP contribution in [0.1, 0.15) is 49.3 Å². The van der Waals surface area contributed by atoms with Gasteiger partial charge in [0.15, 0.2) is 0 Å². The summed E-state index contributed by atoms with van der Waals surface area (Å²) in [6, 6.07) is 13.3. The van der Waals surface area contributed by atoms with Gasteiger partial charge in [-0.1, -0.05) is 44.2 Å². The number of fused-ring (bicyclic) bond motifs is 3. The number of benzene rings is 2. The second kappa shape index (κ2) is 10.1. The zero-order chi connectivity index (χ0) is 19.8. The standard InChI is InChI=1S/C24H28O4/c1-3-13-26-21-10-12-23-20(17-21)16-19-15-18(9-11-22(19)23)8-6-5-7-14-27-28-24(25)4-2/h4,9-12,15,17H,2-3,5-8,13-14,16H2,1H3. The maximum Gasteiger partial charge on any atom is 0.365 e. The SMILES string of the molecule is C=CC(=O)OOCCCCCc1ccc2c(c1)Cc1cc(OCCC)ccc1-2.